The van der Waals surface area contributed by atoms with Crippen LogP contribution in [0.1, 0.15) is 66.9 Å². The number of aromatic nitrogens is 2. The summed E-state index contributed by atoms with van der Waals surface area (Å²) in [6.07, 6.45) is -1.89. The van der Waals surface area contributed by atoms with Crippen LogP contribution in [0, 0.1) is 0 Å². The molecule has 2 aliphatic heterocycles. The summed E-state index contributed by atoms with van der Waals surface area (Å²) in [6, 6.07) is 7.49. The molecule has 1 aromatic carbocycles. The number of amides is 2. The largest absolute Gasteiger partial charge is 0.475 e. The zero-order valence-electron chi connectivity index (χ0n) is 25.6. The number of hydrogen-bond acceptors (Lipinski definition) is 6. The van der Waals surface area contributed by atoms with Gasteiger partial charge in [0.25, 0.3) is 11.8 Å². The molecule has 2 aliphatic rings. The van der Waals surface area contributed by atoms with Crippen molar-refractivity contribution < 1.29 is 40.7 Å². The lowest BCUT2D eigenvalue weighted by Crippen LogP contribution is -2.68. The number of benzene rings is 1. The van der Waals surface area contributed by atoms with Crippen LogP contribution < -0.4 is 4.74 Å². The number of ether oxygens (including phenoxy) is 1. The number of pyridine rings is 2. The lowest BCUT2D eigenvalue weighted by Gasteiger charge is -2.50. The Bertz CT molecular complexity index is 1530. The molecule has 2 fully saturated rings. The molecule has 3 aromatic rings. The molecular weight excluding hydrogens is 646 g/mol. The number of hydrogen-bond donors (Lipinski definition) is 0. The van der Waals surface area contributed by atoms with Crippen LogP contribution in [-0.2, 0) is 17.1 Å². The van der Waals surface area contributed by atoms with Gasteiger partial charge in [0, 0.05) is 61.0 Å². The van der Waals surface area contributed by atoms with Crippen LogP contribution in [-0.4, -0.2) is 68.1 Å². The average Bonchev–Trinajstić information content (AvgIpc) is 3.05. The SMILES string of the molecule is CCC[C@H]1N(C(=O)c2cnccc2C(F)(F)F)CCC[C@@]1(Oc1ccc(C(F)(F)F)cc1)C(=O)N1CCC(Sc2ccncc2)CC1. The Balaban J connectivity index is 1.49. The van der Waals surface area contributed by atoms with Gasteiger partial charge in [0.1, 0.15) is 5.75 Å². The Morgan fingerprint density at radius 3 is 2.19 bits per heavy atom. The highest BCUT2D eigenvalue weighted by atomic mass is 32.2. The van der Waals surface area contributed by atoms with Gasteiger partial charge >= 0.3 is 12.4 Å². The third-order valence-electron chi connectivity index (χ3n) is 8.57. The van der Waals surface area contributed by atoms with Crippen molar-refractivity contribution in [2.75, 3.05) is 19.6 Å². The maximum atomic E-state index is 14.7. The minimum atomic E-state index is -4.83. The molecule has 0 spiro atoms. The van der Waals surface area contributed by atoms with Gasteiger partial charge in [-0.3, -0.25) is 19.6 Å². The first-order valence-electron chi connectivity index (χ1n) is 15.4. The summed E-state index contributed by atoms with van der Waals surface area (Å²) >= 11 is 1.68. The van der Waals surface area contributed by atoms with Gasteiger partial charge in [-0.15, -0.1) is 11.8 Å². The Hall–Kier alpha value is -3.81. The fourth-order valence-electron chi connectivity index (χ4n) is 6.35. The highest BCUT2D eigenvalue weighted by molar-refractivity contribution is 8.00. The number of thioether (sulfide) groups is 1. The number of nitrogens with zero attached hydrogens (tertiary/aromatic N) is 4. The van der Waals surface area contributed by atoms with Crippen molar-refractivity contribution in [2.45, 2.75) is 79.6 Å². The van der Waals surface area contributed by atoms with Crippen molar-refractivity contribution in [3.8, 4) is 5.75 Å². The Labute approximate surface area is 272 Å². The smallest absolute Gasteiger partial charge is 0.417 e. The van der Waals surface area contributed by atoms with Gasteiger partial charge in [0.15, 0.2) is 0 Å². The van der Waals surface area contributed by atoms with E-state index in [1.165, 1.54) is 4.90 Å². The van der Waals surface area contributed by atoms with Crippen LogP contribution in [0.4, 0.5) is 26.3 Å². The summed E-state index contributed by atoms with van der Waals surface area (Å²) in [5, 5.41) is 0.218. The van der Waals surface area contributed by atoms with Gasteiger partial charge in [-0.05, 0) is 68.1 Å². The summed E-state index contributed by atoms with van der Waals surface area (Å²) in [4.78, 5) is 40.4. The molecule has 0 radical (unpaired) electrons. The molecule has 2 atom stereocenters. The maximum absolute atomic E-state index is 14.7. The van der Waals surface area contributed by atoms with E-state index in [1.807, 2.05) is 19.1 Å². The molecule has 14 heteroatoms. The molecule has 2 amide bonds. The summed E-state index contributed by atoms with van der Waals surface area (Å²) in [5.74, 6) is -1.39. The van der Waals surface area contributed by atoms with E-state index in [1.54, 1.807) is 29.1 Å². The molecule has 252 valence electrons. The first-order chi connectivity index (χ1) is 22.3. The Morgan fingerprint density at radius 1 is 0.915 bits per heavy atom. The summed E-state index contributed by atoms with van der Waals surface area (Å²) in [6.45, 7) is 2.62. The number of carbonyl (C=O) groups is 2. The standard InChI is InChI=1S/C33H34F6N4O3S/c1-2-4-28-31(46-23-7-5-22(6-8-23)32(34,35)36,30(45)42-19-12-25(13-20-42)47-24-9-15-40-16-10-24)14-3-18-43(28)29(44)26-21-41-17-11-27(26)33(37,38)39/h5-11,15-17,21,25,28H,2-4,12-14,18-20H2,1H3/t28-,31+/m1/s1. The lowest BCUT2D eigenvalue weighted by atomic mass is 9.79. The van der Waals surface area contributed by atoms with Crippen LogP contribution in [0.5, 0.6) is 5.75 Å². The van der Waals surface area contributed by atoms with Crippen LogP contribution >= 0.6 is 11.8 Å². The fourth-order valence-corrected chi connectivity index (χ4v) is 7.46. The highest BCUT2D eigenvalue weighted by Gasteiger charge is 2.56. The minimum Gasteiger partial charge on any atom is -0.475 e. The van der Waals surface area contributed by atoms with Crippen molar-refractivity contribution in [1.29, 1.82) is 0 Å². The molecule has 2 aromatic heterocycles. The molecule has 0 N–H and O–H groups in total. The molecule has 0 saturated carbocycles. The Kier molecular flexibility index (Phi) is 10.4. The van der Waals surface area contributed by atoms with E-state index >= 15 is 0 Å². The van der Waals surface area contributed by atoms with E-state index in [0.717, 1.165) is 47.6 Å². The molecular formula is C33H34F6N4O3S. The van der Waals surface area contributed by atoms with Crippen molar-refractivity contribution in [3.63, 3.8) is 0 Å². The topological polar surface area (TPSA) is 75.6 Å². The van der Waals surface area contributed by atoms with Gasteiger partial charge in [-0.2, -0.15) is 26.3 Å². The molecule has 4 heterocycles. The van der Waals surface area contributed by atoms with Crippen molar-refractivity contribution in [1.82, 2.24) is 19.8 Å². The van der Waals surface area contributed by atoms with E-state index in [4.69, 9.17) is 4.74 Å². The molecule has 0 aliphatic carbocycles. The van der Waals surface area contributed by atoms with Gasteiger partial charge in [-0.25, -0.2) is 0 Å². The normalized spacial score (nSPS) is 21.0. The van der Waals surface area contributed by atoms with Crippen molar-refractivity contribution >= 4 is 23.6 Å². The molecule has 47 heavy (non-hydrogen) atoms. The van der Waals surface area contributed by atoms with Gasteiger partial charge in [-0.1, -0.05) is 13.3 Å². The van der Waals surface area contributed by atoms with Crippen LogP contribution in [0.15, 0.2) is 72.1 Å². The maximum Gasteiger partial charge on any atom is 0.417 e. The average molecular weight is 681 g/mol. The number of alkyl halides is 6. The molecule has 0 bridgehead atoms. The molecule has 2 saturated heterocycles. The van der Waals surface area contributed by atoms with E-state index in [9.17, 15) is 35.9 Å². The van der Waals surface area contributed by atoms with Crippen LogP contribution in [0.3, 0.4) is 0 Å². The van der Waals surface area contributed by atoms with Crippen LogP contribution in [0.2, 0.25) is 0 Å². The van der Waals surface area contributed by atoms with Gasteiger partial charge < -0.3 is 14.5 Å². The number of piperidine rings is 2. The van der Waals surface area contributed by atoms with E-state index in [-0.39, 0.29) is 36.8 Å². The summed E-state index contributed by atoms with van der Waals surface area (Å²) in [7, 11) is 0. The fraction of sp³-hybridized carbons (Fsp3) is 0.455. The predicted octanol–water partition coefficient (Wildman–Crippen LogP) is 7.52. The van der Waals surface area contributed by atoms with Crippen molar-refractivity contribution in [3.05, 3.63) is 83.9 Å². The van der Waals surface area contributed by atoms with E-state index in [0.29, 0.717) is 32.4 Å². The Morgan fingerprint density at radius 2 is 1.57 bits per heavy atom. The van der Waals surface area contributed by atoms with Crippen LogP contribution in [0.25, 0.3) is 0 Å². The monoisotopic (exact) mass is 680 g/mol. The first-order valence-corrected chi connectivity index (χ1v) is 16.3. The first kappa shape index (κ1) is 34.5. The van der Waals surface area contributed by atoms with Gasteiger partial charge in [0.05, 0.1) is 22.7 Å². The molecule has 5 rings (SSSR count). The lowest BCUT2D eigenvalue weighted by molar-refractivity contribution is -0.160. The molecule has 0 unspecified atom stereocenters. The third kappa shape index (κ3) is 7.68. The zero-order chi connectivity index (χ0) is 33.8. The highest BCUT2D eigenvalue weighted by Crippen LogP contribution is 2.41. The summed E-state index contributed by atoms with van der Waals surface area (Å²) < 4.78 is 88.3. The summed E-state index contributed by atoms with van der Waals surface area (Å²) in [5.41, 5.74) is -4.45. The second-order valence-electron chi connectivity index (χ2n) is 11.6. The van der Waals surface area contributed by atoms with E-state index in [2.05, 4.69) is 9.97 Å². The number of rotatable bonds is 8. The van der Waals surface area contributed by atoms with E-state index < -0.39 is 52.5 Å². The second kappa shape index (κ2) is 14.1. The quantitative estimate of drug-likeness (QED) is 0.229. The predicted molar refractivity (Wildman–Crippen MR) is 163 cm³/mol. The number of carbonyl (C=O) groups excluding carboxylic acids is 2. The molecule has 7 nitrogen and oxygen atoms in total. The second-order valence-corrected chi connectivity index (χ2v) is 13.0. The number of halogens is 6. The minimum absolute atomic E-state index is 0.0118. The number of likely N-dealkylation sites (tertiary alicyclic amines) is 2. The van der Waals surface area contributed by atoms with Gasteiger partial charge in [0.2, 0.25) is 5.60 Å². The van der Waals surface area contributed by atoms with Crippen molar-refractivity contribution in [2.24, 2.45) is 0 Å². The zero-order valence-corrected chi connectivity index (χ0v) is 26.4. The third-order valence-corrected chi connectivity index (χ3v) is 9.92.